The van der Waals surface area contributed by atoms with Gasteiger partial charge in [0.1, 0.15) is 5.75 Å². The van der Waals surface area contributed by atoms with Crippen LogP contribution in [-0.2, 0) is 11.3 Å². The Morgan fingerprint density at radius 3 is 2.88 bits per heavy atom. The summed E-state index contributed by atoms with van der Waals surface area (Å²) in [4.78, 5) is 20.9. The number of rotatable bonds is 0. The number of nitrogens with zero attached hydrogens (tertiary/aromatic N) is 7. The minimum absolute atomic E-state index is 0.0653. The van der Waals surface area contributed by atoms with Crippen LogP contribution in [0.15, 0.2) is 42.9 Å². The normalized spacial score (nSPS) is 15.4. The molecule has 2 aliphatic heterocycles. The molecule has 3 aromatic heterocycles. The Balaban J connectivity index is 1.42. The molecule has 2 aliphatic rings. The lowest BCUT2D eigenvalue weighted by molar-refractivity contribution is -0.121. The second kappa shape index (κ2) is 9.00. The molecule has 0 fully saturated rings. The third kappa shape index (κ3) is 4.51. The Morgan fingerprint density at radius 2 is 1.97 bits per heavy atom. The highest BCUT2D eigenvalue weighted by Crippen LogP contribution is 2.20. The zero-order valence-corrected chi connectivity index (χ0v) is 17.4. The number of anilines is 2. The van der Waals surface area contributed by atoms with E-state index in [1.807, 2.05) is 35.1 Å². The monoisotopic (exact) mass is 433 g/mol. The molecule has 11 heteroatoms. The summed E-state index contributed by atoms with van der Waals surface area (Å²) in [5.41, 5.74) is 2.79. The molecule has 1 aromatic carbocycles. The number of carbonyl (C=O) groups excluding carboxylic acids is 1. The van der Waals surface area contributed by atoms with E-state index in [-0.39, 0.29) is 5.91 Å². The molecule has 1 amide bonds. The van der Waals surface area contributed by atoms with Gasteiger partial charge in [-0.1, -0.05) is 5.21 Å². The molecule has 0 unspecified atom stereocenters. The van der Waals surface area contributed by atoms with Gasteiger partial charge >= 0.3 is 0 Å². The fraction of sp³-hybridized carbons (Fsp3) is 0.333. The first-order valence-electron chi connectivity index (χ1n) is 10.6. The third-order valence-corrected chi connectivity index (χ3v) is 5.12. The largest absolute Gasteiger partial charge is 0.494 e. The van der Waals surface area contributed by atoms with E-state index in [0.29, 0.717) is 43.2 Å². The highest BCUT2D eigenvalue weighted by molar-refractivity contribution is 5.75. The minimum Gasteiger partial charge on any atom is -0.494 e. The molecule has 32 heavy (non-hydrogen) atoms. The van der Waals surface area contributed by atoms with Gasteiger partial charge in [0.05, 0.1) is 30.4 Å². The summed E-state index contributed by atoms with van der Waals surface area (Å²) in [6, 6.07) is 7.58. The van der Waals surface area contributed by atoms with E-state index in [0.717, 1.165) is 36.4 Å². The van der Waals surface area contributed by atoms with Crippen LogP contribution in [0.25, 0.3) is 16.9 Å². The summed E-state index contributed by atoms with van der Waals surface area (Å²) in [5.74, 6) is 1.25. The molecule has 11 nitrogen and oxygen atoms in total. The van der Waals surface area contributed by atoms with Crippen LogP contribution in [0.3, 0.4) is 0 Å². The van der Waals surface area contributed by atoms with Crippen molar-refractivity contribution in [2.75, 3.05) is 18.5 Å². The molecule has 0 spiro atoms. The molecular weight excluding hydrogens is 410 g/mol. The Hall–Kier alpha value is -4.02. The van der Waals surface area contributed by atoms with Crippen molar-refractivity contribution in [1.82, 2.24) is 40.1 Å². The van der Waals surface area contributed by atoms with Gasteiger partial charge in [-0.25, -0.2) is 4.98 Å². The van der Waals surface area contributed by atoms with E-state index in [2.05, 4.69) is 36.0 Å². The van der Waals surface area contributed by atoms with Crippen molar-refractivity contribution in [3.63, 3.8) is 0 Å². The SMILES string of the molecule is O=C1CCCCOc2ccc(cc2)-n2nnc3cnc(nc32)Nc2cnn(c2)CCCN1. The number of nitrogens with one attached hydrogen (secondary N) is 2. The Labute approximate surface area is 183 Å². The predicted octanol–water partition coefficient (Wildman–Crippen LogP) is 2.22. The Kier molecular flexibility index (Phi) is 5.60. The number of aromatic nitrogens is 7. The maximum atomic E-state index is 12.0. The van der Waals surface area contributed by atoms with E-state index in [1.165, 1.54) is 0 Å². The lowest BCUT2D eigenvalue weighted by Gasteiger charge is -2.08. The predicted molar refractivity (Wildman–Crippen MR) is 117 cm³/mol. The zero-order valence-electron chi connectivity index (χ0n) is 17.4. The van der Waals surface area contributed by atoms with E-state index in [4.69, 9.17) is 4.74 Å². The summed E-state index contributed by atoms with van der Waals surface area (Å²) >= 11 is 0. The summed E-state index contributed by atoms with van der Waals surface area (Å²) in [5, 5.41) is 18.9. The van der Waals surface area contributed by atoms with Gasteiger partial charge in [0.25, 0.3) is 0 Å². The number of carbonyl (C=O) groups is 1. The molecule has 6 rings (SSSR count). The van der Waals surface area contributed by atoms with Crippen molar-refractivity contribution >= 4 is 28.7 Å². The fourth-order valence-electron chi connectivity index (χ4n) is 3.46. The summed E-state index contributed by atoms with van der Waals surface area (Å²) in [6.45, 7) is 1.87. The van der Waals surface area contributed by atoms with Crippen molar-refractivity contribution in [3.8, 4) is 11.4 Å². The average molecular weight is 433 g/mol. The van der Waals surface area contributed by atoms with Crippen molar-refractivity contribution in [2.45, 2.75) is 32.2 Å². The van der Waals surface area contributed by atoms with Crippen LogP contribution in [0.5, 0.6) is 5.75 Å². The van der Waals surface area contributed by atoms with Crippen molar-refractivity contribution < 1.29 is 9.53 Å². The van der Waals surface area contributed by atoms with E-state index < -0.39 is 0 Å². The summed E-state index contributed by atoms with van der Waals surface area (Å²) in [7, 11) is 0. The molecule has 164 valence electrons. The van der Waals surface area contributed by atoms with Gasteiger partial charge in [-0.05, 0) is 43.5 Å². The standard InChI is InChI=1S/C21H23N9O2/c31-19-4-1-2-11-32-17-7-5-16(6-8-17)30-20-18(27-28-30)13-23-21(26-20)25-15-12-24-29(14-15)10-3-9-22-19/h5-8,12-14H,1-4,9-11H2,(H,22,31)(H,23,25,26). The van der Waals surface area contributed by atoms with Gasteiger partial charge in [0.15, 0.2) is 11.2 Å². The summed E-state index contributed by atoms with van der Waals surface area (Å²) < 4.78 is 9.29. The molecule has 6 bridgehead atoms. The zero-order chi connectivity index (χ0) is 21.8. The molecule has 0 aliphatic carbocycles. The lowest BCUT2D eigenvalue weighted by atomic mass is 10.2. The van der Waals surface area contributed by atoms with Crippen LogP contribution < -0.4 is 15.4 Å². The maximum Gasteiger partial charge on any atom is 0.229 e. The van der Waals surface area contributed by atoms with Gasteiger partial charge in [0, 0.05) is 25.7 Å². The van der Waals surface area contributed by atoms with Crippen molar-refractivity contribution in [3.05, 3.63) is 42.9 Å². The van der Waals surface area contributed by atoms with Crippen molar-refractivity contribution in [1.29, 1.82) is 0 Å². The molecular formula is C21H23N9O2. The van der Waals surface area contributed by atoms with Crippen LogP contribution in [-0.4, -0.2) is 53.8 Å². The van der Waals surface area contributed by atoms with Gasteiger partial charge in [-0.3, -0.25) is 9.48 Å². The van der Waals surface area contributed by atoms with Crippen LogP contribution in [0.4, 0.5) is 11.6 Å². The van der Waals surface area contributed by atoms with Gasteiger partial charge in [0.2, 0.25) is 11.9 Å². The molecule has 0 saturated carbocycles. The Bertz CT molecular complexity index is 1220. The average Bonchev–Trinajstić information content (AvgIpc) is 3.43. The molecule has 0 radical (unpaired) electrons. The van der Waals surface area contributed by atoms with E-state index in [9.17, 15) is 4.79 Å². The first kappa shape index (κ1) is 19.9. The molecule has 5 heterocycles. The second-order valence-electron chi connectivity index (χ2n) is 7.52. The number of amides is 1. The van der Waals surface area contributed by atoms with Gasteiger partial charge in [-0.2, -0.15) is 14.8 Å². The lowest BCUT2D eigenvalue weighted by Crippen LogP contribution is -2.25. The number of aryl methyl sites for hydroxylation is 1. The smallest absolute Gasteiger partial charge is 0.229 e. The van der Waals surface area contributed by atoms with E-state index in [1.54, 1.807) is 17.1 Å². The summed E-state index contributed by atoms with van der Waals surface area (Å²) in [6.07, 6.45) is 8.12. The number of hydrogen-bond donors (Lipinski definition) is 2. The van der Waals surface area contributed by atoms with Gasteiger partial charge in [-0.15, -0.1) is 5.10 Å². The molecule has 2 N–H and O–H groups in total. The second-order valence-corrected chi connectivity index (χ2v) is 7.52. The quantitative estimate of drug-likeness (QED) is 0.433. The number of hydrogen-bond acceptors (Lipinski definition) is 8. The Morgan fingerprint density at radius 1 is 1.06 bits per heavy atom. The van der Waals surface area contributed by atoms with Gasteiger partial charge < -0.3 is 15.4 Å². The first-order valence-corrected chi connectivity index (χ1v) is 10.6. The maximum absolute atomic E-state index is 12.0. The van der Waals surface area contributed by atoms with Crippen LogP contribution in [0, 0.1) is 0 Å². The van der Waals surface area contributed by atoms with E-state index >= 15 is 0 Å². The molecule has 0 saturated heterocycles. The third-order valence-electron chi connectivity index (χ3n) is 5.12. The van der Waals surface area contributed by atoms with Crippen molar-refractivity contribution in [2.24, 2.45) is 0 Å². The van der Waals surface area contributed by atoms with Crippen LogP contribution in [0.1, 0.15) is 25.7 Å². The number of ether oxygens (including phenoxy) is 1. The number of benzene rings is 1. The molecule has 4 aromatic rings. The number of fused-ring (bicyclic) bond motifs is 11. The fourth-order valence-corrected chi connectivity index (χ4v) is 3.46. The highest BCUT2D eigenvalue weighted by atomic mass is 16.5. The highest BCUT2D eigenvalue weighted by Gasteiger charge is 2.11. The topological polar surface area (TPSA) is 125 Å². The first-order chi connectivity index (χ1) is 15.7. The minimum atomic E-state index is 0.0653. The van der Waals surface area contributed by atoms with Crippen LogP contribution >= 0.6 is 0 Å². The van der Waals surface area contributed by atoms with Crippen LogP contribution in [0.2, 0.25) is 0 Å². The molecule has 0 atom stereocenters.